The van der Waals surface area contributed by atoms with Crippen molar-refractivity contribution in [3.05, 3.63) is 32.5 Å². The Morgan fingerprint density at radius 1 is 1.35 bits per heavy atom. The van der Waals surface area contributed by atoms with Gasteiger partial charge < -0.3 is 0 Å². The summed E-state index contributed by atoms with van der Waals surface area (Å²) in [7, 11) is 0. The maximum absolute atomic E-state index is 5.27. The standard InChI is InChI=1S/C12H17N3S2/c1-3-5-11-13-14-12(16)15(11)8-10-7-6-9(4-2)17-10/h6-7H,3-5,8H2,1-2H3,(H,14,16). The molecule has 2 heterocycles. The Bertz CT molecular complexity index is 536. The number of thiophene rings is 1. The van der Waals surface area contributed by atoms with Gasteiger partial charge in [0.05, 0.1) is 6.54 Å². The molecule has 2 rings (SSSR count). The average molecular weight is 267 g/mol. The van der Waals surface area contributed by atoms with Gasteiger partial charge in [-0.1, -0.05) is 13.8 Å². The zero-order valence-corrected chi connectivity index (χ0v) is 11.8. The molecule has 17 heavy (non-hydrogen) atoms. The van der Waals surface area contributed by atoms with Gasteiger partial charge in [0.2, 0.25) is 0 Å². The highest BCUT2D eigenvalue weighted by atomic mass is 32.1. The minimum atomic E-state index is 0.722. The number of rotatable bonds is 5. The molecular formula is C12H17N3S2. The fraction of sp³-hybridized carbons (Fsp3) is 0.500. The minimum absolute atomic E-state index is 0.722. The SMILES string of the molecule is CCCc1n[nH]c(=S)n1Cc1ccc(CC)s1. The largest absolute Gasteiger partial charge is 0.299 e. The molecule has 0 aromatic carbocycles. The smallest absolute Gasteiger partial charge is 0.195 e. The number of nitrogens with zero attached hydrogens (tertiary/aromatic N) is 2. The average Bonchev–Trinajstić information content (AvgIpc) is 2.91. The van der Waals surface area contributed by atoms with Crippen molar-refractivity contribution in [3.63, 3.8) is 0 Å². The second kappa shape index (κ2) is 5.60. The molecule has 3 nitrogen and oxygen atoms in total. The Morgan fingerprint density at radius 2 is 2.12 bits per heavy atom. The first-order valence-electron chi connectivity index (χ1n) is 5.96. The van der Waals surface area contributed by atoms with Gasteiger partial charge in [0.25, 0.3) is 0 Å². The van der Waals surface area contributed by atoms with Crippen molar-refractivity contribution in [2.24, 2.45) is 0 Å². The third-order valence-corrected chi connectivity index (χ3v) is 4.22. The van der Waals surface area contributed by atoms with E-state index in [2.05, 4.69) is 40.7 Å². The quantitative estimate of drug-likeness (QED) is 0.840. The lowest BCUT2D eigenvalue weighted by atomic mass is 10.3. The molecule has 92 valence electrons. The van der Waals surface area contributed by atoms with Gasteiger partial charge in [-0.15, -0.1) is 11.3 Å². The van der Waals surface area contributed by atoms with E-state index in [-0.39, 0.29) is 0 Å². The van der Waals surface area contributed by atoms with Gasteiger partial charge in [-0.3, -0.25) is 9.67 Å². The van der Waals surface area contributed by atoms with Gasteiger partial charge in [-0.05, 0) is 37.2 Å². The maximum Gasteiger partial charge on any atom is 0.195 e. The first kappa shape index (κ1) is 12.5. The number of aryl methyl sites for hydroxylation is 2. The predicted octanol–water partition coefficient (Wildman–Crippen LogP) is 3.57. The molecule has 0 unspecified atom stereocenters. The summed E-state index contributed by atoms with van der Waals surface area (Å²) in [4.78, 5) is 2.77. The van der Waals surface area contributed by atoms with Gasteiger partial charge in [-0.25, -0.2) is 0 Å². The van der Waals surface area contributed by atoms with Crippen molar-refractivity contribution in [1.82, 2.24) is 14.8 Å². The Morgan fingerprint density at radius 3 is 2.76 bits per heavy atom. The third kappa shape index (κ3) is 2.84. The summed E-state index contributed by atoms with van der Waals surface area (Å²) in [6.07, 6.45) is 3.16. The first-order valence-corrected chi connectivity index (χ1v) is 7.18. The van der Waals surface area contributed by atoms with E-state index in [9.17, 15) is 0 Å². The fourth-order valence-corrected chi connectivity index (χ4v) is 2.94. The number of aromatic amines is 1. The van der Waals surface area contributed by atoms with Crippen LogP contribution in [0.15, 0.2) is 12.1 Å². The van der Waals surface area contributed by atoms with E-state index in [4.69, 9.17) is 12.2 Å². The number of hydrogen-bond donors (Lipinski definition) is 1. The number of hydrogen-bond acceptors (Lipinski definition) is 3. The Kier molecular flexibility index (Phi) is 4.12. The number of nitrogens with one attached hydrogen (secondary N) is 1. The normalized spacial score (nSPS) is 10.9. The molecule has 5 heteroatoms. The van der Waals surface area contributed by atoms with Crippen LogP contribution in [0.1, 0.15) is 35.8 Å². The molecule has 2 aromatic heterocycles. The molecule has 2 aromatic rings. The molecule has 0 aliphatic heterocycles. The monoisotopic (exact) mass is 267 g/mol. The molecule has 0 spiro atoms. The molecule has 0 fully saturated rings. The van der Waals surface area contributed by atoms with Crippen LogP contribution in [-0.4, -0.2) is 14.8 Å². The van der Waals surface area contributed by atoms with Gasteiger partial charge in [0, 0.05) is 16.2 Å². The van der Waals surface area contributed by atoms with Crippen molar-refractivity contribution < 1.29 is 0 Å². The summed E-state index contributed by atoms with van der Waals surface area (Å²) in [5, 5.41) is 7.16. The minimum Gasteiger partial charge on any atom is -0.299 e. The first-order chi connectivity index (χ1) is 8.24. The highest BCUT2D eigenvalue weighted by Crippen LogP contribution is 2.18. The van der Waals surface area contributed by atoms with Crippen LogP contribution in [0.4, 0.5) is 0 Å². The lowest BCUT2D eigenvalue weighted by molar-refractivity contribution is 0.705. The Hall–Kier alpha value is -0.940. The van der Waals surface area contributed by atoms with Crippen molar-refractivity contribution in [2.75, 3.05) is 0 Å². The van der Waals surface area contributed by atoms with Crippen molar-refractivity contribution in [2.45, 2.75) is 39.7 Å². The van der Waals surface area contributed by atoms with Crippen LogP contribution < -0.4 is 0 Å². The molecule has 0 saturated heterocycles. The van der Waals surface area contributed by atoms with E-state index < -0.39 is 0 Å². The molecule has 0 bridgehead atoms. The van der Waals surface area contributed by atoms with Crippen LogP contribution in [0.2, 0.25) is 0 Å². The van der Waals surface area contributed by atoms with Crippen LogP contribution >= 0.6 is 23.6 Å². The topological polar surface area (TPSA) is 33.6 Å². The molecule has 0 aliphatic rings. The number of aromatic nitrogens is 3. The highest BCUT2D eigenvalue weighted by Gasteiger charge is 2.07. The van der Waals surface area contributed by atoms with Gasteiger partial charge >= 0.3 is 0 Å². The zero-order valence-electron chi connectivity index (χ0n) is 10.2. The van der Waals surface area contributed by atoms with Crippen LogP contribution in [0.25, 0.3) is 0 Å². The summed E-state index contributed by atoms with van der Waals surface area (Å²) < 4.78 is 2.82. The predicted molar refractivity (Wildman–Crippen MR) is 74.2 cm³/mol. The summed E-state index contributed by atoms with van der Waals surface area (Å²) in [6, 6.07) is 4.39. The Balaban J connectivity index is 2.22. The molecule has 0 radical (unpaired) electrons. The molecule has 1 N–H and O–H groups in total. The van der Waals surface area contributed by atoms with Gasteiger partial charge in [0.1, 0.15) is 5.82 Å². The molecule has 0 atom stereocenters. The zero-order chi connectivity index (χ0) is 12.3. The van der Waals surface area contributed by atoms with E-state index in [0.717, 1.165) is 36.4 Å². The fourth-order valence-electron chi connectivity index (χ4n) is 1.78. The summed E-state index contributed by atoms with van der Waals surface area (Å²) in [5.74, 6) is 1.06. The number of H-pyrrole nitrogens is 1. The lowest BCUT2D eigenvalue weighted by Crippen LogP contribution is -2.04. The Labute approximate surface area is 111 Å². The van der Waals surface area contributed by atoms with Crippen LogP contribution in [0.3, 0.4) is 0 Å². The van der Waals surface area contributed by atoms with Gasteiger partial charge in [-0.2, -0.15) is 5.10 Å². The second-order valence-electron chi connectivity index (χ2n) is 4.00. The van der Waals surface area contributed by atoms with Crippen LogP contribution in [0.5, 0.6) is 0 Å². The molecule has 0 amide bonds. The molecular weight excluding hydrogens is 250 g/mol. The van der Waals surface area contributed by atoms with E-state index in [1.165, 1.54) is 9.75 Å². The van der Waals surface area contributed by atoms with Crippen molar-refractivity contribution in [1.29, 1.82) is 0 Å². The van der Waals surface area contributed by atoms with Crippen molar-refractivity contribution >= 4 is 23.6 Å². The molecule has 0 aliphatic carbocycles. The van der Waals surface area contributed by atoms with Gasteiger partial charge in [0.15, 0.2) is 4.77 Å². The van der Waals surface area contributed by atoms with Crippen LogP contribution in [-0.2, 0) is 19.4 Å². The highest BCUT2D eigenvalue weighted by molar-refractivity contribution is 7.71. The van der Waals surface area contributed by atoms with E-state index in [0.29, 0.717) is 0 Å². The third-order valence-electron chi connectivity index (χ3n) is 2.69. The van der Waals surface area contributed by atoms with Crippen molar-refractivity contribution in [3.8, 4) is 0 Å². The lowest BCUT2D eigenvalue weighted by Gasteiger charge is -2.03. The van der Waals surface area contributed by atoms with E-state index >= 15 is 0 Å². The summed E-state index contributed by atoms with van der Waals surface area (Å²) in [6.45, 7) is 5.18. The summed E-state index contributed by atoms with van der Waals surface area (Å²) in [5.41, 5.74) is 0. The molecule has 0 saturated carbocycles. The van der Waals surface area contributed by atoms with E-state index in [1.54, 1.807) is 0 Å². The van der Waals surface area contributed by atoms with E-state index in [1.807, 2.05) is 11.3 Å². The maximum atomic E-state index is 5.27. The van der Waals surface area contributed by atoms with Crippen LogP contribution in [0, 0.1) is 4.77 Å². The second-order valence-corrected chi connectivity index (χ2v) is 5.64. The summed E-state index contributed by atoms with van der Waals surface area (Å²) >= 11 is 7.13.